The molecule has 260 valence electrons. The molecule has 0 radical (unpaired) electrons. The topological polar surface area (TPSA) is 87.8 Å². The molecule has 0 aromatic rings. The van der Waals surface area contributed by atoms with E-state index in [0.29, 0.717) is 0 Å². The van der Waals surface area contributed by atoms with Crippen molar-refractivity contribution in [2.24, 2.45) is 35.3 Å². The highest BCUT2D eigenvalue weighted by Gasteiger charge is 2.44. The Labute approximate surface area is 279 Å². The van der Waals surface area contributed by atoms with E-state index in [1.165, 1.54) is 5.57 Å². The molecule has 8 atom stereocenters. The van der Waals surface area contributed by atoms with Gasteiger partial charge in [0.15, 0.2) is 16.6 Å². The van der Waals surface area contributed by atoms with Gasteiger partial charge in [-0.25, -0.2) is 4.79 Å². The normalized spacial score (nSPS) is 19.4. The molecule has 0 aromatic carbocycles. The Hall–Kier alpha value is -1.75. The molecule has 2 N–H and O–H groups in total. The maximum atomic E-state index is 12.1. The quantitative estimate of drug-likeness (QED) is 0.0518. The van der Waals surface area contributed by atoms with Gasteiger partial charge in [0, 0.05) is 11.8 Å². The summed E-state index contributed by atoms with van der Waals surface area (Å²) < 4.78 is 19.9. The summed E-state index contributed by atoms with van der Waals surface area (Å²) in [6.45, 7) is 39.3. The molecule has 0 bridgehead atoms. The number of amides is 1. The number of hydrogen-bond donors (Lipinski definition) is 1. The van der Waals surface area contributed by atoms with Gasteiger partial charge in [-0.2, -0.15) is 0 Å². The van der Waals surface area contributed by atoms with E-state index in [1.807, 2.05) is 25.2 Å². The van der Waals surface area contributed by atoms with E-state index < -0.39 is 28.8 Å². The van der Waals surface area contributed by atoms with E-state index >= 15 is 0 Å². The van der Waals surface area contributed by atoms with Crippen LogP contribution in [0.5, 0.6) is 0 Å². The standard InChI is InChI=1S/C37H69NO5Si2/c1-18-19-21-28(4)33(41-35(38)40)31(7)34(43-45(16,17)37(11,12)13)30(6)25-26(2)24-29(5)32(27(3)22-20-23-39)42-44(14,15)36(8,9)10/h18-24,27-34H,1,25H2,2-17H3,(H2,38,40)/b21-19-,22-20-,26-24-/t27?,28?,29-,30-,31+,32-,33-,34+/m0/s1. The zero-order chi connectivity index (χ0) is 35.6. The molecule has 0 fully saturated rings. The largest absolute Gasteiger partial charge is 0.445 e. The number of hydrogen-bond acceptors (Lipinski definition) is 5. The zero-order valence-corrected chi connectivity index (χ0v) is 33.7. The summed E-state index contributed by atoms with van der Waals surface area (Å²) in [7, 11) is -4.26. The van der Waals surface area contributed by atoms with Crippen LogP contribution >= 0.6 is 0 Å². The molecule has 6 nitrogen and oxygen atoms in total. The third-order valence-corrected chi connectivity index (χ3v) is 19.1. The van der Waals surface area contributed by atoms with Gasteiger partial charge in [0.25, 0.3) is 0 Å². The highest BCUT2D eigenvalue weighted by atomic mass is 28.4. The lowest BCUT2D eigenvalue weighted by atomic mass is 9.81. The Morgan fingerprint density at radius 2 is 1.22 bits per heavy atom. The Morgan fingerprint density at radius 3 is 1.64 bits per heavy atom. The molecule has 0 spiro atoms. The highest BCUT2D eigenvalue weighted by molar-refractivity contribution is 6.74. The molecule has 45 heavy (non-hydrogen) atoms. The van der Waals surface area contributed by atoms with Gasteiger partial charge in [-0.3, -0.25) is 4.79 Å². The van der Waals surface area contributed by atoms with Crippen LogP contribution in [-0.4, -0.2) is 47.3 Å². The van der Waals surface area contributed by atoms with Gasteiger partial charge < -0.3 is 19.3 Å². The third kappa shape index (κ3) is 13.9. The van der Waals surface area contributed by atoms with Crippen molar-refractivity contribution in [1.29, 1.82) is 0 Å². The number of carbonyl (C=O) groups is 2. The molecule has 0 saturated heterocycles. The Morgan fingerprint density at radius 1 is 0.778 bits per heavy atom. The summed E-state index contributed by atoms with van der Waals surface area (Å²) in [5.41, 5.74) is 6.84. The number of carbonyl (C=O) groups excluding carboxylic acids is 2. The van der Waals surface area contributed by atoms with Crippen LogP contribution in [0.3, 0.4) is 0 Å². The third-order valence-electron chi connectivity index (χ3n) is 10.1. The molecule has 0 aliphatic rings. The van der Waals surface area contributed by atoms with E-state index in [9.17, 15) is 9.59 Å². The van der Waals surface area contributed by atoms with E-state index in [0.717, 1.165) is 12.7 Å². The molecule has 2 unspecified atom stereocenters. The number of ether oxygens (including phenoxy) is 1. The van der Waals surface area contributed by atoms with Crippen molar-refractivity contribution in [1.82, 2.24) is 0 Å². The second-order valence-electron chi connectivity index (χ2n) is 16.4. The molecule has 0 saturated carbocycles. The van der Waals surface area contributed by atoms with Crippen LogP contribution in [0.15, 0.2) is 48.6 Å². The smallest absolute Gasteiger partial charge is 0.404 e. The van der Waals surface area contributed by atoms with Crippen LogP contribution in [0.25, 0.3) is 0 Å². The van der Waals surface area contributed by atoms with Gasteiger partial charge in [0.05, 0.1) is 12.2 Å². The minimum Gasteiger partial charge on any atom is -0.445 e. The summed E-state index contributed by atoms with van der Waals surface area (Å²) in [6.07, 6.45) is 11.7. The van der Waals surface area contributed by atoms with Crippen LogP contribution < -0.4 is 5.73 Å². The fourth-order valence-electron chi connectivity index (χ4n) is 5.41. The van der Waals surface area contributed by atoms with Gasteiger partial charge in [0.1, 0.15) is 12.4 Å². The zero-order valence-electron chi connectivity index (χ0n) is 31.7. The van der Waals surface area contributed by atoms with E-state index in [1.54, 1.807) is 12.2 Å². The van der Waals surface area contributed by atoms with Crippen molar-refractivity contribution in [2.75, 3.05) is 0 Å². The van der Waals surface area contributed by atoms with Crippen molar-refractivity contribution in [3.8, 4) is 0 Å². The van der Waals surface area contributed by atoms with Crippen molar-refractivity contribution in [3.05, 3.63) is 48.6 Å². The molecule has 0 aromatic heterocycles. The van der Waals surface area contributed by atoms with Crippen molar-refractivity contribution >= 4 is 29.0 Å². The minimum absolute atomic E-state index is 0.0119. The lowest BCUT2D eigenvalue weighted by molar-refractivity contribution is -0.104. The second-order valence-corrected chi connectivity index (χ2v) is 25.9. The molecule has 1 amide bonds. The molecule has 0 heterocycles. The predicted molar refractivity (Wildman–Crippen MR) is 197 cm³/mol. The summed E-state index contributed by atoms with van der Waals surface area (Å²) >= 11 is 0. The Bertz CT molecular complexity index is 1030. The van der Waals surface area contributed by atoms with Crippen LogP contribution in [0.1, 0.15) is 89.5 Å². The average molecular weight is 664 g/mol. The fraction of sp³-hybridized carbons (Fsp3) is 0.730. The maximum absolute atomic E-state index is 12.1. The number of allylic oxidation sites excluding steroid dienone is 4. The number of nitrogens with two attached hydrogens (primary N) is 1. The number of rotatable bonds is 18. The molecular formula is C37H69NO5Si2. The van der Waals surface area contributed by atoms with Crippen molar-refractivity contribution < 1.29 is 23.2 Å². The van der Waals surface area contributed by atoms with Gasteiger partial charge in [-0.05, 0) is 73.4 Å². The van der Waals surface area contributed by atoms with Gasteiger partial charge in [-0.1, -0.05) is 119 Å². The van der Waals surface area contributed by atoms with Gasteiger partial charge >= 0.3 is 6.09 Å². The molecule has 0 aliphatic carbocycles. The van der Waals surface area contributed by atoms with Crippen LogP contribution in [0.2, 0.25) is 36.3 Å². The van der Waals surface area contributed by atoms with Crippen molar-refractivity contribution in [3.63, 3.8) is 0 Å². The average Bonchev–Trinajstić information content (AvgIpc) is 2.88. The van der Waals surface area contributed by atoms with E-state index in [-0.39, 0.29) is 51.9 Å². The van der Waals surface area contributed by atoms with Crippen LogP contribution in [0, 0.1) is 29.6 Å². The van der Waals surface area contributed by atoms with Crippen LogP contribution in [0.4, 0.5) is 4.79 Å². The van der Waals surface area contributed by atoms with Gasteiger partial charge in [0.2, 0.25) is 0 Å². The highest BCUT2D eigenvalue weighted by Crippen LogP contribution is 2.42. The SMILES string of the molecule is C=C/C=C\C(C)[C@H](OC(N)=O)[C@@H](C)[C@H](O[Si](C)(C)C(C)(C)C)[C@@H](C)C/C(C)=C\[C@H](C)[C@@H](O[Si](C)(C)C(C)(C)C)C(C)/C=C\C=O. The molecular weight excluding hydrogens is 595 g/mol. The Balaban J connectivity index is 6.61. The first-order chi connectivity index (χ1) is 20.3. The van der Waals surface area contributed by atoms with Crippen LogP contribution in [-0.2, 0) is 18.4 Å². The number of primary amides is 1. The van der Waals surface area contributed by atoms with Gasteiger partial charge in [-0.15, -0.1) is 0 Å². The molecule has 0 rings (SSSR count). The summed E-state index contributed by atoms with van der Waals surface area (Å²) in [5.74, 6) is 0.157. The maximum Gasteiger partial charge on any atom is 0.404 e. The first kappa shape index (κ1) is 43.3. The molecule has 0 aliphatic heterocycles. The minimum atomic E-state index is -2.19. The summed E-state index contributed by atoms with van der Waals surface area (Å²) in [5, 5.41) is 0.0796. The summed E-state index contributed by atoms with van der Waals surface area (Å²) in [6, 6.07) is 0. The lowest BCUT2D eigenvalue weighted by Crippen LogP contribution is -2.50. The van der Waals surface area contributed by atoms with E-state index in [2.05, 4.69) is 115 Å². The first-order valence-corrected chi connectivity index (χ1v) is 22.5. The molecule has 8 heteroatoms. The Kier molecular flexibility index (Phi) is 17.3. The second kappa shape index (κ2) is 18.0. The summed E-state index contributed by atoms with van der Waals surface area (Å²) in [4.78, 5) is 23.2. The first-order valence-electron chi connectivity index (χ1n) is 16.7. The number of aldehydes is 1. The predicted octanol–water partition coefficient (Wildman–Crippen LogP) is 10.2. The lowest BCUT2D eigenvalue weighted by Gasteiger charge is -2.45. The monoisotopic (exact) mass is 663 g/mol. The van der Waals surface area contributed by atoms with Crippen molar-refractivity contribution in [2.45, 2.75) is 144 Å². The fourth-order valence-corrected chi connectivity index (χ4v) is 8.36. The van der Waals surface area contributed by atoms with E-state index in [4.69, 9.17) is 19.3 Å².